The molecule has 0 atom stereocenters. The lowest BCUT2D eigenvalue weighted by Crippen LogP contribution is -2.15. The lowest BCUT2D eigenvalue weighted by Gasteiger charge is -2.11. The van der Waals surface area contributed by atoms with Crippen LogP contribution in [0.2, 0.25) is 0 Å². The summed E-state index contributed by atoms with van der Waals surface area (Å²) in [5, 5.41) is 12.6. The van der Waals surface area contributed by atoms with Gasteiger partial charge in [-0.2, -0.15) is 5.10 Å². The van der Waals surface area contributed by atoms with Gasteiger partial charge in [-0.1, -0.05) is 26.0 Å². The molecule has 3 aromatic heterocycles. The summed E-state index contributed by atoms with van der Waals surface area (Å²) >= 11 is 1.35. The molecule has 0 saturated heterocycles. The van der Waals surface area contributed by atoms with E-state index in [1.807, 2.05) is 50.4 Å². The second-order valence-electron chi connectivity index (χ2n) is 7.47. The van der Waals surface area contributed by atoms with E-state index in [0.29, 0.717) is 16.5 Å². The fraction of sp³-hybridized carbons (Fsp3) is 0.136. The number of thiazole rings is 1. The molecule has 0 aliphatic heterocycles. The fourth-order valence-corrected chi connectivity index (χ4v) is 4.56. The van der Waals surface area contributed by atoms with Crippen LogP contribution in [0.25, 0.3) is 32.9 Å². The summed E-state index contributed by atoms with van der Waals surface area (Å²) in [6, 6.07) is 12.2. The van der Waals surface area contributed by atoms with E-state index in [1.54, 1.807) is 6.20 Å². The lowest BCUT2D eigenvalue weighted by atomic mass is 9.99. The average molecular weight is 417 g/mol. The Balaban J connectivity index is 1.61. The Morgan fingerprint density at radius 1 is 1.17 bits per heavy atom. The monoisotopic (exact) mass is 416 g/mol. The minimum absolute atomic E-state index is 0.159. The van der Waals surface area contributed by atoms with Crippen molar-refractivity contribution in [2.75, 3.05) is 11.1 Å². The number of aromatic amines is 2. The van der Waals surface area contributed by atoms with Crippen LogP contribution < -0.4 is 11.1 Å². The number of carbonyl (C=O) groups excluding carboxylic acids is 1. The number of rotatable bonds is 4. The number of anilines is 2. The predicted octanol–water partition coefficient (Wildman–Crippen LogP) is 5.13. The van der Waals surface area contributed by atoms with Gasteiger partial charge in [0.2, 0.25) is 0 Å². The maximum absolute atomic E-state index is 13.1. The standard InChI is InChI=1S/C22H20N6OS/c1-11(2)20-19(27-22(23)30-20)21(29)26-17-8-12(9-18-15(17)10-25-28-18)13-4-3-5-16-14(13)6-7-24-16/h3-11,24H,1-2H3,(H2,23,27)(H,25,28)(H,26,29). The van der Waals surface area contributed by atoms with Crippen LogP contribution in [-0.4, -0.2) is 26.1 Å². The van der Waals surface area contributed by atoms with Gasteiger partial charge in [0.15, 0.2) is 5.13 Å². The topological polar surface area (TPSA) is 112 Å². The quantitative estimate of drug-likeness (QED) is 0.325. The first-order chi connectivity index (χ1) is 14.5. The molecule has 0 fully saturated rings. The van der Waals surface area contributed by atoms with Crippen LogP contribution in [0.4, 0.5) is 10.8 Å². The Labute approximate surface area is 176 Å². The summed E-state index contributed by atoms with van der Waals surface area (Å²) in [6.45, 7) is 4.05. The number of nitrogen functional groups attached to an aromatic ring is 1. The zero-order chi connectivity index (χ0) is 20.8. The molecule has 150 valence electrons. The molecule has 0 radical (unpaired) electrons. The molecule has 1 amide bonds. The molecule has 30 heavy (non-hydrogen) atoms. The summed E-state index contributed by atoms with van der Waals surface area (Å²) in [4.78, 5) is 21.5. The second kappa shape index (κ2) is 7.00. The molecule has 0 aliphatic rings. The summed E-state index contributed by atoms with van der Waals surface area (Å²) in [5.74, 6) is -0.113. The van der Waals surface area contributed by atoms with Gasteiger partial charge in [-0.05, 0) is 41.3 Å². The van der Waals surface area contributed by atoms with Crippen LogP contribution in [0.15, 0.2) is 48.8 Å². The van der Waals surface area contributed by atoms with Crippen molar-refractivity contribution in [2.45, 2.75) is 19.8 Å². The first-order valence-corrected chi connectivity index (χ1v) is 10.4. The fourth-order valence-electron chi connectivity index (χ4n) is 3.73. The van der Waals surface area contributed by atoms with Gasteiger partial charge < -0.3 is 16.0 Å². The van der Waals surface area contributed by atoms with Gasteiger partial charge in [-0.15, -0.1) is 11.3 Å². The van der Waals surface area contributed by atoms with Crippen molar-refractivity contribution >= 4 is 49.9 Å². The van der Waals surface area contributed by atoms with E-state index in [4.69, 9.17) is 5.73 Å². The first-order valence-electron chi connectivity index (χ1n) is 9.62. The van der Waals surface area contributed by atoms with Gasteiger partial charge in [0.25, 0.3) is 5.91 Å². The Morgan fingerprint density at radius 3 is 2.87 bits per heavy atom. The molecule has 0 spiro atoms. The Kier molecular flexibility index (Phi) is 4.29. The Morgan fingerprint density at radius 2 is 2.03 bits per heavy atom. The molecule has 5 rings (SSSR count). The zero-order valence-electron chi connectivity index (χ0n) is 16.5. The number of hydrogen-bond donors (Lipinski definition) is 4. The molecule has 0 unspecified atom stereocenters. The minimum Gasteiger partial charge on any atom is -0.375 e. The van der Waals surface area contributed by atoms with E-state index in [-0.39, 0.29) is 11.8 Å². The molecule has 0 bridgehead atoms. The van der Waals surface area contributed by atoms with Gasteiger partial charge in [-0.3, -0.25) is 9.89 Å². The molecule has 0 saturated carbocycles. The smallest absolute Gasteiger partial charge is 0.275 e. The van der Waals surface area contributed by atoms with E-state index in [9.17, 15) is 4.79 Å². The number of hydrogen-bond acceptors (Lipinski definition) is 5. The van der Waals surface area contributed by atoms with Crippen molar-refractivity contribution in [3.8, 4) is 11.1 Å². The van der Waals surface area contributed by atoms with Crippen molar-refractivity contribution in [1.82, 2.24) is 20.2 Å². The average Bonchev–Trinajstić information content (AvgIpc) is 3.46. The van der Waals surface area contributed by atoms with E-state index in [1.165, 1.54) is 11.3 Å². The molecule has 5 N–H and O–H groups in total. The third kappa shape index (κ3) is 3.02. The largest absolute Gasteiger partial charge is 0.375 e. The lowest BCUT2D eigenvalue weighted by molar-refractivity contribution is 0.102. The molecule has 5 aromatic rings. The summed E-state index contributed by atoms with van der Waals surface area (Å²) in [5.41, 5.74) is 10.9. The first kappa shape index (κ1) is 18.4. The van der Waals surface area contributed by atoms with Crippen LogP contribution in [0.5, 0.6) is 0 Å². The van der Waals surface area contributed by atoms with Gasteiger partial charge in [0, 0.05) is 27.4 Å². The number of fused-ring (bicyclic) bond motifs is 2. The third-order valence-corrected chi connectivity index (χ3v) is 6.31. The van der Waals surface area contributed by atoms with Crippen LogP contribution in [-0.2, 0) is 0 Å². The number of amides is 1. The second-order valence-corrected chi connectivity index (χ2v) is 8.54. The maximum atomic E-state index is 13.1. The normalized spacial score (nSPS) is 11.6. The molecular weight excluding hydrogens is 396 g/mol. The number of carbonyl (C=O) groups is 1. The molecule has 3 heterocycles. The van der Waals surface area contributed by atoms with Crippen LogP contribution in [0.3, 0.4) is 0 Å². The van der Waals surface area contributed by atoms with Gasteiger partial charge in [-0.25, -0.2) is 4.98 Å². The van der Waals surface area contributed by atoms with E-state index < -0.39 is 0 Å². The number of nitrogens with zero attached hydrogens (tertiary/aromatic N) is 2. The molecule has 8 heteroatoms. The number of aromatic nitrogens is 4. The highest BCUT2D eigenvalue weighted by atomic mass is 32.1. The van der Waals surface area contributed by atoms with E-state index in [0.717, 1.165) is 37.8 Å². The van der Waals surface area contributed by atoms with Crippen molar-refractivity contribution in [3.05, 3.63) is 59.4 Å². The highest BCUT2D eigenvalue weighted by molar-refractivity contribution is 7.15. The van der Waals surface area contributed by atoms with E-state index in [2.05, 4.69) is 31.5 Å². The molecule has 0 aliphatic carbocycles. The number of H-pyrrole nitrogens is 2. The number of nitrogens with one attached hydrogen (secondary N) is 3. The van der Waals surface area contributed by atoms with Gasteiger partial charge in [0.1, 0.15) is 5.69 Å². The number of benzene rings is 2. The van der Waals surface area contributed by atoms with Crippen LogP contribution >= 0.6 is 11.3 Å². The third-order valence-electron chi connectivity index (χ3n) is 5.12. The minimum atomic E-state index is -0.272. The SMILES string of the molecule is CC(C)c1sc(N)nc1C(=O)Nc1cc(-c2cccc3[nH]ccc23)cc2[nH]ncc12. The highest BCUT2D eigenvalue weighted by Gasteiger charge is 2.21. The van der Waals surface area contributed by atoms with Crippen molar-refractivity contribution in [3.63, 3.8) is 0 Å². The summed E-state index contributed by atoms with van der Waals surface area (Å²) < 4.78 is 0. The molecule has 2 aromatic carbocycles. The van der Waals surface area contributed by atoms with Crippen molar-refractivity contribution in [2.24, 2.45) is 0 Å². The number of nitrogens with two attached hydrogens (primary N) is 1. The maximum Gasteiger partial charge on any atom is 0.275 e. The van der Waals surface area contributed by atoms with Crippen molar-refractivity contribution < 1.29 is 4.79 Å². The molecule has 7 nitrogen and oxygen atoms in total. The van der Waals surface area contributed by atoms with Crippen molar-refractivity contribution in [1.29, 1.82) is 0 Å². The zero-order valence-corrected chi connectivity index (χ0v) is 17.3. The van der Waals surface area contributed by atoms with E-state index >= 15 is 0 Å². The summed E-state index contributed by atoms with van der Waals surface area (Å²) in [7, 11) is 0. The molecular formula is C22H20N6OS. The predicted molar refractivity (Wildman–Crippen MR) is 122 cm³/mol. The Bertz CT molecular complexity index is 1390. The van der Waals surface area contributed by atoms with Crippen LogP contribution in [0, 0.1) is 0 Å². The van der Waals surface area contributed by atoms with Crippen LogP contribution in [0.1, 0.15) is 35.1 Å². The van der Waals surface area contributed by atoms with Gasteiger partial charge in [0.05, 0.1) is 17.4 Å². The van der Waals surface area contributed by atoms with Gasteiger partial charge >= 0.3 is 0 Å². The highest BCUT2D eigenvalue weighted by Crippen LogP contribution is 2.35. The summed E-state index contributed by atoms with van der Waals surface area (Å²) in [6.07, 6.45) is 3.63. The Hall–Kier alpha value is -3.65.